The standard InChI is InChI=1S/C16H26N2O/c1-14-7-5-6-11-18(14)16-9-4-3-8-15(16)13-17-10-12-19-2/h3-4,8-9,14,17H,5-7,10-13H2,1-2H3. The van der Waals surface area contributed by atoms with E-state index in [1.54, 1.807) is 7.11 Å². The van der Waals surface area contributed by atoms with Crippen molar-refractivity contribution in [2.75, 3.05) is 31.7 Å². The van der Waals surface area contributed by atoms with E-state index < -0.39 is 0 Å². The van der Waals surface area contributed by atoms with Crippen LogP contribution in [0.15, 0.2) is 24.3 Å². The van der Waals surface area contributed by atoms with Crippen molar-refractivity contribution in [1.82, 2.24) is 5.32 Å². The maximum Gasteiger partial charge on any atom is 0.0587 e. The lowest BCUT2D eigenvalue weighted by Crippen LogP contribution is -2.38. The molecule has 3 heteroatoms. The van der Waals surface area contributed by atoms with Crippen LogP contribution < -0.4 is 10.2 Å². The second-order valence-electron chi connectivity index (χ2n) is 5.34. The van der Waals surface area contributed by atoms with Gasteiger partial charge in [0.05, 0.1) is 6.61 Å². The summed E-state index contributed by atoms with van der Waals surface area (Å²) < 4.78 is 5.07. The average Bonchev–Trinajstić information content (AvgIpc) is 2.45. The number of anilines is 1. The molecule has 1 N–H and O–H groups in total. The van der Waals surface area contributed by atoms with Crippen LogP contribution in [0.4, 0.5) is 5.69 Å². The van der Waals surface area contributed by atoms with E-state index in [4.69, 9.17) is 4.74 Å². The molecule has 0 aromatic heterocycles. The van der Waals surface area contributed by atoms with Crippen LogP contribution in [0.25, 0.3) is 0 Å². The molecule has 1 atom stereocenters. The number of para-hydroxylation sites is 1. The minimum Gasteiger partial charge on any atom is -0.383 e. The molecule has 1 saturated heterocycles. The average molecular weight is 262 g/mol. The first-order valence-corrected chi connectivity index (χ1v) is 7.37. The third-order valence-electron chi connectivity index (χ3n) is 3.90. The molecule has 1 fully saturated rings. The monoisotopic (exact) mass is 262 g/mol. The first kappa shape index (κ1) is 14.4. The molecule has 0 aliphatic carbocycles. The molecule has 0 bridgehead atoms. The first-order valence-electron chi connectivity index (χ1n) is 7.37. The van der Waals surface area contributed by atoms with Crippen molar-refractivity contribution in [3.05, 3.63) is 29.8 Å². The second-order valence-corrected chi connectivity index (χ2v) is 5.34. The summed E-state index contributed by atoms with van der Waals surface area (Å²) in [5.74, 6) is 0. The largest absolute Gasteiger partial charge is 0.383 e. The second kappa shape index (κ2) is 7.51. The van der Waals surface area contributed by atoms with E-state index in [1.807, 2.05) is 0 Å². The summed E-state index contributed by atoms with van der Waals surface area (Å²) in [5.41, 5.74) is 2.80. The van der Waals surface area contributed by atoms with Gasteiger partial charge in [-0.1, -0.05) is 18.2 Å². The maximum absolute atomic E-state index is 5.07. The van der Waals surface area contributed by atoms with E-state index in [-0.39, 0.29) is 0 Å². The Morgan fingerprint density at radius 2 is 2.16 bits per heavy atom. The minimum atomic E-state index is 0.661. The summed E-state index contributed by atoms with van der Waals surface area (Å²) in [6, 6.07) is 9.43. The number of rotatable bonds is 6. The molecule has 0 radical (unpaired) electrons. The molecule has 1 aromatic rings. The zero-order valence-corrected chi connectivity index (χ0v) is 12.2. The summed E-state index contributed by atoms with van der Waals surface area (Å²) in [7, 11) is 1.74. The molecule has 0 amide bonds. The Balaban J connectivity index is 2.02. The number of piperidine rings is 1. The SMILES string of the molecule is COCCNCc1ccccc1N1CCCCC1C. The number of nitrogens with one attached hydrogen (secondary N) is 1. The summed E-state index contributed by atoms with van der Waals surface area (Å²) in [6.07, 6.45) is 3.99. The fourth-order valence-corrected chi connectivity index (χ4v) is 2.79. The fourth-order valence-electron chi connectivity index (χ4n) is 2.79. The van der Waals surface area contributed by atoms with E-state index in [0.717, 1.165) is 19.7 Å². The number of methoxy groups -OCH3 is 1. The normalized spacial score (nSPS) is 19.7. The Morgan fingerprint density at radius 1 is 1.32 bits per heavy atom. The lowest BCUT2D eigenvalue weighted by molar-refractivity contribution is 0.199. The number of nitrogens with zero attached hydrogens (tertiary/aromatic N) is 1. The Hall–Kier alpha value is -1.06. The number of hydrogen-bond donors (Lipinski definition) is 1. The first-order chi connectivity index (χ1) is 9.33. The van der Waals surface area contributed by atoms with Crippen LogP contribution in [0.5, 0.6) is 0 Å². The van der Waals surface area contributed by atoms with Gasteiger partial charge in [0.15, 0.2) is 0 Å². The lowest BCUT2D eigenvalue weighted by atomic mass is 10.0. The zero-order valence-electron chi connectivity index (χ0n) is 12.2. The van der Waals surface area contributed by atoms with E-state index in [9.17, 15) is 0 Å². The van der Waals surface area contributed by atoms with Gasteiger partial charge >= 0.3 is 0 Å². The molecule has 1 heterocycles. The van der Waals surface area contributed by atoms with E-state index in [1.165, 1.54) is 37.1 Å². The fraction of sp³-hybridized carbons (Fsp3) is 0.625. The van der Waals surface area contributed by atoms with Gasteiger partial charge in [-0.25, -0.2) is 0 Å². The Labute approximate surface area is 116 Å². The molecule has 106 valence electrons. The highest BCUT2D eigenvalue weighted by Gasteiger charge is 2.20. The smallest absolute Gasteiger partial charge is 0.0587 e. The van der Waals surface area contributed by atoms with Gasteiger partial charge in [-0.2, -0.15) is 0 Å². The predicted molar refractivity (Wildman–Crippen MR) is 80.7 cm³/mol. The van der Waals surface area contributed by atoms with Crippen LogP contribution in [-0.2, 0) is 11.3 Å². The van der Waals surface area contributed by atoms with Crippen molar-refractivity contribution < 1.29 is 4.74 Å². The summed E-state index contributed by atoms with van der Waals surface area (Å²) in [6.45, 7) is 6.12. The van der Waals surface area contributed by atoms with Crippen LogP contribution in [0.1, 0.15) is 31.7 Å². The molecule has 3 nitrogen and oxygen atoms in total. The molecule has 2 rings (SSSR count). The highest BCUT2D eigenvalue weighted by molar-refractivity contribution is 5.54. The van der Waals surface area contributed by atoms with Crippen molar-refractivity contribution in [2.24, 2.45) is 0 Å². The minimum absolute atomic E-state index is 0.661. The Morgan fingerprint density at radius 3 is 2.95 bits per heavy atom. The Bertz CT molecular complexity index is 381. The molecular weight excluding hydrogens is 236 g/mol. The topological polar surface area (TPSA) is 24.5 Å². The van der Waals surface area contributed by atoms with Crippen molar-refractivity contribution in [3.63, 3.8) is 0 Å². The summed E-state index contributed by atoms with van der Waals surface area (Å²) >= 11 is 0. The molecule has 0 saturated carbocycles. The third-order valence-corrected chi connectivity index (χ3v) is 3.90. The molecule has 1 unspecified atom stereocenters. The van der Waals surface area contributed by atoms with Crippen LogP contribution in [0.2, 0.25) is 0 Å². The zero-order chi connectivity index (χ0) is 13.5. The number of benzene rings is 1. The van der Waals surface area contributed by atoms with Gasteiger partial charge in [-0.05, 0) is 37.8 Å². The predicted octanol–water partition coefficient (Wildman–Crippen LogP) is 2.80. The van der Waals surface area contributed by atoms with Gasteiger partial charge in [0, 0.05) is 38.5 Å². The van der Waals surface area contributed by atoms with E-state index >= 15 is 0 Å². The van der Waals surface area contributed by atoms with Crippen molar-refractivity contribution in [2.45, 2.75) is 38.8 Å². The van der Waals surface area contributed by atoms with Gasteiger partial charge in [-0.15, -0.1) is 0 Å². The van der Waals surface area contributed by atoms with Crippen LogP contribution >= 0.6 is 0 Å². The van der Waals surface area contributed by atoms with Crippen LogP contribution in [0.3, 0.4) is 0 Å². The van der Waals surface area contributed by atoms with Crippen molar-refractivity contribution in [3.8, 4) is 0 Å². The highest BCUT2D eigenvalue weighted by Crippen LogP contribution is 2.27. The quantitative estimate of drug-likeness (QED) is 0.798. The molecule has 1 aliphatic heterocycles. The van der Waals surface area contributed by atoms with Gasteiger partial charge in [0.2, 0.25) is 0 Å². The van der Waals surface area contributed by atoms with E-state index in [2.05, 4.69) is 41.4 Å². The van der Waals surface area contributed by atoms with Crippen molar-refractivity contribution >= 4 is 5.69 Å². The molecule has 19 heavy (non-hydrogen) atoms. The van der Waals surface area contributed by atoms with Crippen molar-refractivity contribution in [1.29, 1.82) is 0 Å². The molecule has 1 aromatic carbocycles. The Kier molecular flexibility index (Phi) is 5.67. The molecule has 0 spiro atoms. The highest BCUT2D eigenvalue weighted by atomic mass is 16.5. The van der Waals surface area contributed by atoms with Gasteiger partial charge in [0.25, 0.3) is 0 Å². The van der Waals surface area contributed by atoms with E-state index in [0.29, 0.717) is 6.04 Å². The maximum atomic E-state index is 5.07. The van der Waals surface area contributed by atoms with Gasteiger partial charge in [-0.3, -0.25) is 0 Å². The summed E-state index contributed by atoms with van der Waals surface area (Å²) in [5, 5.41) is 3.45. The van der Waals surface area contributed by atoms with Crippen LogP contribution in [-0.4, -0.2) is 32.8 Å². The molecule has 1 aliphatic rings. The molecular formula is C16H26N2O. The third kappa shape index (κ3) is 3.95. The van der Waals surface area contributed by atoms with Gasteiger partial charge < -0.3 is 15.0 Å². The van der Waals surface area contributed by atoms with Crippen LogP contribution in [0, 0.1) is 0 Å². The summed E-state index contributed by atoms with van der Waals surface area (Å²) in [4.78, 5) is 2.57. The number of hydrogen-bond acceptors (Lipinski definition) is 3. The number of ether oxygens (including phenoxy) is 1. The van der Waals surface area contributed by atoms with Gasteiger partial charge in [0.1, 0.15) is 0 Å². The lowest BCUT2D eigenvalue weighted by Gasteiger charge is -2.36.